The van der Waals surface area contributed by atoms with Gasteiger partial charge in [-0.05, 0) is 131 Å². The normalized spacial score (nSPS) is 10.7. The Kier molecular flexibility index (Phi) is 16.9. The summed E-state index contributed by atoms with van der Waals surface area (Å²) in [7, 11) is 0. The van der Waals surface area contributed by atoms with Crippen LogP contribution in [-0.4, -0.2) is 28.4 Å². The van der Waals surface area contributed by atoms with Crippen LogP contribution in [0, 0.1) is 22.7 Å². The third-order valence-electron chi connectivity index (χ3n) is 13.4. The van der Waals surface area contributed by atoms with Gasteiger partial charge in [0, 0.05) is 61.6 Å². The fraction of sp³-hybridized carbons (Fsp3) is 0.0139. The van der Waals surface area contributed by atoms with Gasteiger partial charge in [-0.25, -0.2) is 4.79 Å². The van der Waals surface area contributed by atoms with E-state index < -0.39 is 18.4 Å². The molecule has 0 aliphatic heterocycles. The number of carbonyl (C=O) groups is 3. The molecule has 0 bridgehead atoms. The minimum atomic E-state index is -1.26. The first-order chi connectivity index (χ1) is 40.6. The van der Waals surface area contributed by atoms with Gasteiger partial charge in [0.2, 0.25) is 0 Å². The Morgan fingerprint density at radius 2 is 0.735 bits per heavy atom. The summed E-state index contributed by atoms with van der Waals surface area (Å²) in [5.74, 6) is -0.830. The van der Waals surface area contributed by atoms with E-state index in [4.69, 9.17) is 29.6 Å². The smallest absolute Gasteiger partial charge is 0.346 e. The second kappa shape index (κ2) is 25.8. The molecule has 0 spiro atoms. The highest BCUT2D eigenvalue weighted by atomic mass is 16.4. The van der Waals surface area contributed by atoms with Crippen LogP contribution in [-0.2, 0) is 9.59 Å². The van der Waals surface area contributed by atoms with Crippen LogP contribution in [0.4, 0.5) is 34.1 Å². The molecule has 12 aromatic rings. The molecular formula is C72H50N4O7. The van der Waals surface area contributed by atoms with Crippen LogP contribution in [0.5, 0.6) is 0 Å². The highest BCUT2D eigenvalue weighted by Crippen LogP contribution is 2.38. The number of carboxylic acids is 2. The van der Waals surface area contributed by atoms with Crippen molar-refractivity contribution in [3.63, 3.8) is 0 Å². The topological polar surface area (TPSA) is 172 Å². The number of hydrogen-bond acceptors (Lipinski definition) is 9. The van der Waals surface area contributed by atoms with Crippen LogP contribution < -0.4 is 9.80 Å². The molecule has 0 amide bonds. The van der Waals surface area contributed by atoms with Crippen LogP contribution in [0.2, 0.25) is 0 Å². The van der Waals surface area contributed by atoms with Gasteiger partial charge in [0.1, 0.15) is 47.0 Å². The maximum atomic E-state index is 11.2. The Labute approximate surface area is 479 Å². The molecule has 0 unspecified atom stereocenters. The lowest BCUT2D eigenvalue weighted by Gasteiger charge is -2.25. The van der Waals surface area contributed by atoms with Crippen LogP contribution >= 0.6 is 0 Å². The summed E-state index contributed by atoms with van der Waals surface area (Å²) < 4.78 is 12.1. The number of furan rings is 2. The second-order valence-corrected chi connectivity index (χ2v) is 18.9. The van der Waals surface area contributed by atoms with Crippen molar-refractivity contribution >= 4 is 80.4 Å². The molecule has 12 rings (SSSR count). The van der Waals surface area contributed by atoms with Gasteiger partial charge in [-0.1, -0.05) is 170 Å². The van der Waals surface area contributed by atoms with Crippen LogP contribution in [0.25, 0.3) is 72.9 Å². The van der Waals surface area contributed by atoms with Crippen molar-refractivity contribution < 1.29 is 33.4 Å². The van der Waals surface area contributed by atoms with E-state index in [0.717, 1.165) is 95.9 Å². The summed E-state index contributed by atoms with van der Waals surface area (Å²) in [6.07, 6.45) is 1.77. The van der Waals surface area contributed by atoms with Gasteiger partial charge in [0.05, 0.1) is 6.07 Å². The summed E-state index contributed by atoms with van der Waals surface area (Å²) >= 11 is 0. The Balaban J connectivity index is 0.000000170. The van der Waals surface area contributed by atoms with Gasteiger partial charge in [-0.3, -0.25) is 9.59 Å². The summed E-state index contributed by atoms with van der Waals surface area (Å²) in [5.41, 5.74) is 15.2. The van der Waals surface area contributed by atoms with Crippen LogP contribution in [0.3, 0.4) is 0 Å². The standard InChI is InChI=1S/C36H24N2O3.C33H23NO2.C3H3NO2/c37-24-30(36(39)40)21-25-11-12-29-23-35(41-34(29)22-25)28-15-13-26(14-16-28)27-17-19-33(20-18-27)38(31-7-3-1-4-8-31)32-9-5-2-6-10-32;35-23-24-11-12-28-22-33(36-32(28)21-24)27-15-13-25(14-16-27)26-17-19-31(20-18-26)34(29-7-3-1-4-8-29)30-9-5-2-6-10-30;4-2-1-3(5)6/h1-23H,(H,39,40);1-23H;1H2,(H,5,6)/b30-21-;;. The number of rotatable bonds is 14. The summed E-state index contributed by atoms with van der Waals surface area (Å²) in [5, 5.41) is 35.3. The zero-order valence-corrected chi connectivity index (χ0v) is 44.5. The van der Waals surface area contributed by atoms with E-state index in [1.54, 1.807) is 30.3 Å². The number of hydrogen-bond donors (Lipinski definition) is 2. The van der Waals surface area contributed by atoms with Gasteiger partial charge >= 0.3 is 11.9 Å². The zero-order chi connectivity index (χ0) is 57.5. The maximum Gasteiger partial charge on any atom is 0.346 e. The molecule has 400 valence electrons. The highest BCUT2D eigenvalue weighted by molar-refractivity contribution is 5.97. The number of benzene rings is 10. The Bertz CT molecular complexity index is 4220. The number of aldehydes is 1. The van der Waals surface area contributed by atoms with E-state index in [9.17, 15) is 14.4 Å². The first-order valence-corrected chi connectivity index (χ1v) is 26.3. The Morgan fingerprint density at radius 3 is 1.05 bits per heavy atom. The molecular weight excluding hydrogens is 1030 g/mol. The van der Waals surface area contributed by atoms with E-state index in [2.05, 4.69) is 168 Å². The van der Waals surface area contributed by atoms with Crippen molar-refractivity contribution in [2.24, 2.45) is 0 Å². The van der Waals surface area contributed by atoms with Gasteiger partial charge in [0.25, 0.3) is 0 Å². The van der Waals surface area contributed by atoms with E-state index >= 15 is 0 Å². The molecule has 0 atom stereocenters. The third-order valence-corrected chi connectivity index (χ3v) is 13.4. The first kappa shape index (κ1) is 54.6. The largest absolute Gasteiger partial charge is 0.480 e. The van der Waals surface area contributed by atoms with Crippen LogP contribution in [0.1, 0.15) is 22.3 Å². The van der Waals surface area contributed by atoms with Crippen molar-refractivity contribution in [3.8, 4) is 57.0 Å². The number of anilines is 6. The predicted molar refractivity (Wildman–Crippen MR) is 328 cm³/mol. The van der Waals surface area contributed by atoms with Crippen molar-refractivity contribution in [2.45, 2.75) is 6.42 Å². The third kappa shape index (κ3) is 13.2. The molecule has 11 nitrogen and oxygen atoms in total. The molecule has 2 N–H and O–H groups in total. The minimum Gasteiger partial charge on any atom is -0.480 e. The summed E-state index contributed by atoms with van der Waals surface area (Å²) in [6, 6.07) is 93.2. The fourth-order valence-corrected chi connectivity index (χ4v) is 9.38. The van der Waals surface area contributed by atoms with E-state index in [1.165, 1.54) is 12.1 Å². The number of para-hydroxylation sites is 4. The molecule has 2 heterocycles. The van der Waals surface area contributed by atoms with Crippen LogP contribution in [0.15, 0.2) is 281 Å². The predicted octanol–water partition coefficient (Wildman–Crippen LogP) is 18.3. The average molecular weight is 1080 g/mol. The quantitative estimate of drug-likeness (QED) is 0.0603. The fourth-order valence-electron chi connectivity index (χ4n) is 9.38. The van der Waals surface area contributed by atoms with Crippen molar-refractivity contribution in [1.29, 1.82) is 10.5 Å². The molecule has 0 saturated carbocycles. The number of aliphatic carboxylic acids is 2. The van der Waals surface area contributed by atoms with Crippen molar-refractivity contribution in [3.05, 3.63) is 284 Å². The SMILES string of the molecule is N#C/C(=C/c1ccc2cc(-c3ccc(-c4ccc(N(c5ccccc5)c5ccccc5)cc4)cc3)oc2c1)C(=O)O.N#CCC(=O)O.O=Cc1ccc2cc(-c3ccc(-c4ccc(N(c5ccccc5)c5ccccc5)cc4)cc3)oc2c1. The Morgan fingerprint density at radius 1 is 0.410 bits per heavy atom. The first-order valence-electron chi connectivity index (χ1n) is 26.3. The Hall–Kier alpha value is -11.8. The lowest BCUT2D eigenvalue weighted by atomic mass is 10.0. The van der Waals surface area contributed by atoms with E-state index in [1.807, 2.05) is 84.9 Å². The summed E-state index contributed by atoms with van der Waals surface area (Å²) in [6.45, 7) is 0. The molecule has 0 aliphatic carbocycles. The lowest BCUT2D eigenvalue weighted by molar-refractivity contribution is -0.136. The minimum absolute atomic E-state index is 0.326. The molecule has 11 heteroatoms. The van der Waals surface area contributed by atoms with E-state index in [-0.39, 0.29) is 5.57 Å². The van der Waals surface area contributed by atoms with Gasteiger partial charge in [-0.15, -0.1) is 0 Å². The zero-order valence-electron chi connectivity index (χ0n) is 44.5. The van der Waals surface area contributed by atoms with Gasteiger partial charge in [-0.2, -0.15) is 10.5 Å². The highest BCUT2D eigenvalue weighted by Gasteiger charge is 2.16. The molecule has 0 aliphatic rings. The average Bonchev–Trinajstić information content (AvgIpc) is 4.31. The number of fused-ring (bicyclic) bond motifs is 2. The van der Waals surface area contributed by atoms with Gasteiger partial charge in [0.15, 0.2) is 0 Å². The molecule has 83 heavy (non-hydrogen) atoms. The monoisotopic (exact) mass is 1080 g/mol. The van der Waals surface area contributed by atoms with E-state index in [0.29, 0.717) is 22.5 Å². The van der Waals surface area contributed by atoms with Crippen molar-refractivity contribution in [1.82, 2.24) is 0 Å². The molecule has 0 radical (unpaired) electrons. The molecule has 0 fully saturated rings. The molecule has 10 aromatic carbocycles. The number of nitriles is 2. The number of carbonyl (C=O) groups excluding carboxylic acids is 1. The maximum absolute atomic E-state index is 11.2. The lowest BCUT2D eigenvalue weighted by Crippen LogP contribution is -2.09. The molecule has 2 aromatic heterocycles. The molecule has 0 saturated heterocycles. The summed E-state index contributed by atoms with van der Waals surface area (Å²) in [4.78, 5) is 36.1. The van der Waals surface area contributed by atoms with Crippen molar-refractivity contribution in [2.75, 3.05) is 9.80 Å². The number of nitrogens with zero attached hydrogens (tertiary/aromatic N) is 4. The van der Waals surface area contributed by atoms with Gasteiger partial charge < -0.3 is 28.8 Å². The second-order valence-electron chi connectivity index (χ2n) is 18.9. The number of carboxylic acid groups (broad SMARTS) is 2.